The van der Waals surface area contributed by atoms with E-state index >= 15 is 0 Å². The van der Waals surface area contributed by atoms with E-state index in [0.717, 1.165) is 5.56 Å². The lowest BCUT2D eigenvalue weighted by molar-refractivity contribution is 0.1000. The van der Waals surface area contributed by atoms with Crippen LogP contribution in [0.2, 0.25) is 0 Å². The first-order chi connectivity index (χ1) is 8.22. The van der Waals surface area contributed by atoms with Crippen molar-refractivity contribution in [2.24, 2.45) is 5.73 Å². The topological polar surface area (TPSA) is 78.1 Å². The number of hydrogen-bond acceptors (Lipinski definition) is 4. The summed E-state index contributed by atoms with van der Waals surface area (Å²) in [5.74, 6) is -0.0295. The molecule has 0 bridgehead atoms. The first kappa shape index (κ1) is 11.1. The van der Waals surface area contributed by atoms with Gasteiger partial charge in [-0.15, -0.1) is 0 Å². The highest BCUT2D eigenvalue weighted by atomic mass is 16.5. The molecule has 0 saturated carbocycles. The molecule has 0 unspecified atom stereocenters. The van der Waals surface area contributed by atoms with E-state index in [1.165, 1.54) is 13.3 Å². The zero-order chi connectivity index (χ0) is 12.3. The number of rotatable bonds is 3. The van der Waals surface area contributed by atoms with Crippen LogP contribution in [0.3, 0.4) is 0 Å². The van der Waals surface area contributed by atoms with Gasteiger partial charge in [-0.05, 0) is 24.3 Å². The maximum absolute atomic E-state index is 11.1. The molecular weight excluding hydrogens is 218 g/mol. The van der Waals surface area contributed by atoms with Gasteiger partial charge < -0.3 is 10.5 Å². The molecule has 1 amide bonds. The Bertz CT molecular complexity index is 555. The van der Waals surface area contributed by atoms with Gasteiger partial charge in [0.05, 0.1) is 18.4 Å². The van der Waals surface area contributed by atoms with E-state index in [4.69, 9.17) is 10.5 Å². The summed E-state index contributed by atoms with van der Waals surface area (Å²) < 4.78 is 5.13. The van der Waals surface area contributed by atoms with Crippen LogP contribution in [0.1, 0.15) is 10.4 Å². The SMILES string of the molecule is COc1ncccc1-c1cc(C(N)=O)ccn1. The predicted molar refractivity (Wildman–Crippen MR) is 62.5 cm³/mol. The molecule has 2 aromatic heterocycles. The van der Waals surface area contributed by atoms with Crippen LogP contribution in [0.15, 0.2) is 36.7 Å². The molecule has 0 aliphatic heterocycles. The molecule has 0 aliphatic carbocycles. The van der Waals surface area contributed by atoms with Crippen molar-refractivity contribution in [3.8, 4) is 17.1 Å². The van der Waals surface area contributed by atoms with Crippen molar-refractivity contribution in [3.63, 3.8) is 0 Å². The Morgan fingerprint density at radius 2 is 2.12 bits per heavy atom. The highest BCUT2D eigenvalue weighted by Crippen LogP contribution is 2.25. The second-order valence-corrected chi connectivity index (χ2v) is 3.35. The number of methoxy groups -OCH3 is 1. The van der Waals surface area contributed by atoms with Gasteiger partial charge >= 0.3 is 0 Å². The summed E-state index contributed by atoms with van der Waals surface area (Å²) in [4.78, 5) is 19.3. The van der Waals surface area contributed by atoms with E-state index in [2.05, 4.69) is 9.97 Å². The van der Waals surface area contributed by atoms with Gasteiger partial charge in [0.15, 0.2) is 0 Å². The molecule has 2 N–H and O–H groups in total. The van der Waals surface area contributed by atoms with Crippen LogP contribution in [0.4, 0.5) is 0 Å². The minimum atomic E-state index is -0.489. The molecule has 0 aromatic carbocycles. The van der Waals surface area contributed by atoms with Crippen molar-refractivity contribution < 1.29 is 9.53 Å². The maximum Gasteiger partial charge on any atom is 0.248 e. The van der Waals surface area contributed by atoms with E-state index in [0.29, 0.717) is 17.1 Å². The van der Waals surface area contributed by atoms with Crippen LogP contribution in [0.25, 0.3) is 11.3 Å². The highest BCUT2D eigenvalue weighted by molar-refractivity contribution is 5.93. The van der Waals surface area contributed by atoms with Crippen molar-refractivity contribution in [1.82, 2.24) is 9.97 Å². The Morgan fingerprint density at radius 3 is 2.82 bits per heavy atom. The molecule has 0 atom stereocenters. The zero-order valence-corrected chi connectivity index (χ0v) is 9.25. The summed E-state index contributed by atoms with van der Waals surface area (Å²) in [5.41, 5.74) is 6.94. The fourth-order valence-corrected chi connectivity index (χ4v) is 1.48. The number of carbonyl (C=O) groups excluding carboxylic acids is 1. The average molecular weight is 229 g/mol. The molecule has 0 radical (unpaired) electrons. The minimum absolute atomic E-state index is 0.404. The summed E-state index contributed by atoms with van der Waals surface area (Å²) in [6.07, 6.45) is 3.15. The van der Waals surface area contributed by atoms with Crippen LogP contribution in [-0.2, 0) is 0 Å². The number of carbonyl (C=O) groups is 1. The van der Waals surface area contributed by atoms with Crippen molar-refractivity contribution in [2.45, 2.75) is 0 Å². The Kier molecular flexibility index (Phi) is 3.00. The molecule has 5 heteroatoms. The summed E-state index contributed by atoms with van der Waals surface area (Å²) in [7, 11) is 1.53. The van der Waals surface area contributed by atoms with Gasteiger partial charge in [-0.2, -0.15) is 0 Å². The van der Waals surface area contributed by atoms with Crippen molar-refractivity contribution in [2.75, 3.05) is 7.11 Å². The van der Waals surface area contributed by atoms with Gasteiger partial charge in [0, 0.05) is 18.0 Å². The maximum atomic E-state index is 11.1. The van der Waals surface area contributed by atoms with Gasteiger partial charge in [-0.3, -0.25) is 9.78 Å². The third-order valence-electron chi connectivity index (χ3n) is 2.28. The lowest BCUT2D eigenvalue weighted by Gasteiger charge is -2.06. The lowest BCUT2D eigenvalue weighted by Crippen LogP contribution is -2.11. The van der Waals surface area contributed by atoms with Gasteiger partial charge in [0.2, 0.25) is 11.8 Å². The van der Waals surface area contributed by atoms with Crippen molar-refractivity contribution in [1.29, 1.82) is 0 Å². The monoisotopic (exact) mass is 229 g/mol. The second-order valence-electron chi connectivity index (χ2n) is 3.35. The molecular formula is C12H11N3O2. The van der Waals surface area contributed by atoms with Crippen molar-refractivity contribution >= 4 is 5.91 Å². The number of pyridine rings is 2. The van der Waals surface area contributed by atoms with Crippen LogP contribution >= 0.6 is 0 Å². The fraction of sp³-hybridized carbons (Fsp3) is 0.0833. The average Bonchev–Trinajstić information content (AvgIpc) is 2.39. The molecule has 5 nitrogen and oxygen atoms in total. The van der Waals surface area contributed by atoms with E-state index in [1.807, 2.05) is 6.07 Å². The Morgan fingerprint density at radius 1 is 1.29 bits per heavy atom. The first-order valence-electron chi connectivity index (χ1n) is 4.97. The number of ether oxygens (including phenoxy) is 1. The minimum Gasteiger partial charge on any atom is -0.481 e. The standard InChI is InChI=1S/C12H11N3O2/c1-17-12-9(3-2-5-15-12)10-7-8(11(13)16)4-6-14-10/h2-7H,1H3,(H2,13,16). The largest absolute Gasteiger partial charge is 0.481 e. The Hall–Kier alpha value is -2.43. The zero-order valence-electron chi connectivity index (χ0n) is 9.25. The van der Waals surface area contributed by atoms with E-state index in [-0.39, 0.29) is 0 Å². The number of amides is 1. The Labute approximate surface area is 98.3 Å². The fourth-order valence-electron chi connectivity index (χ4n) is 1.48. The van der Waals surface area contributed by atoms with E-state index in [9.17, 15) is 4.79 Å². The molecule has 2 rings (SSSR count). The molecule has 0 spiro atoms. The van der Waals surface area contributed by atoms with Crippen LogP contribution < -0.4 is 10.5 Å². The first-order valence-corrected chi connectivity index (χ1v) is 4.97. The number of aromatic nitrogens is 2. The van der Waals surface area contributed by atoms with E-state index in [1.54, 1.807) is 24.4 Å². The number of hydrogen-bond donors (Lipinski definition) is 1. The number of nitrogens with zero attached hydrogens (tertiary/aromatic N) is 2. The third-order valence-corrected chi connectivity index (χ3v) is 2.28. The molecule has 17 heavy (non-hydrogen) atoms. The predicted octanol–water partition coefficient (Wildman–Crippen LogP) is 1.25. The highest BCUT2D eigenvalue weighted by Gasteiger charge is 2.09. The quantitative estimate of drug-likeness (QED) is 0.859. The third kappa shape index (κ3) is 2.23. The molecule has 0 fully saturated rings. The number of nitrogens with two attached hydrogens (primary N) is 1. The summed E-state index contributed by atoms with van der Waals surface area (Å²) >= 11 is 0. The van der Waals surface area contributed by atoms with Gasteiger partial charge in [-0.1, -0.05) is 0 Å². The summed E-state index contributed by atoms with van der Waals surface area (Å²) in [6, 6.07) is 6.77. The van der Waals surface area contributed by atoms with Crippen LogP contribution in [0.5, 0.6) is 5.88 Å². The van der Waals surface area contributed by atoms with Gasteiger partial charge in [0.25, 0.3) is 0 Å². The second kappa shape index (κ2) is 4.61. The normalized spacial score (nSPS) is 9.94. The number of primary amides is 1. The molecule has 0 saturated heterocycles. The van der Waals surface area contributed by atoms with E-state index < -0.39 is 5.91 Å². The van der Waals surface area contributed by atoms with Crippen LogP contribution in [-0.4, -0.2) is 23.0 Å². The molecule has 86 valence electrons. The molecule has 2 heterocycles. The molecule has 0 aliphatic rings. The molecule has 2 aromatic rings. The summed E-state index contributed by atoms with van der Waals surface area (Å²) in [5, 5.41) is 0. The lowest BCUT2D eigenvalue weighted by atomic mass is 10.1. The summed E-state index contributed by atoms with van der Waals surface area (Å²) in [6.45, 7) is 0. The van der Waals surface area contributed by atoms with Crippen molar-refractivity contribution in [3.05, 3.63) is 42.2 Å². The van der Waals surface area contributed by atoms with Gasteiger partial charge in [-0.25, -0.2) is 4.98 Å². The van der Waals surface area contributed by atoms with Crippen LogP contribution in [0, 0.1) is 0 Å². The van der Waals surface area contributed by atoms with Gasteiger partial charge in [0.1, 0.15) is 0 Å². The Balaban J connectivity index is 2.52. The smallest absolute Gasteiger partial charge is 0.248 e.